The maximum Gasteiger partial charge on any atom is 0.322 e. The quantitative estimate of drug-likeness (QED) is 0.902. The molecule has 3 atom stereocenters. The molecule has 0 spiro atoms. The van der Waals surface area contributed by atoms with Gasteiger partial charge in [-0.05, 0) is 26.3 Å². The Morgan fingerprint density at radius 2 is 2.07 bits per heavy atom. The number of amides is 2. The summed E-state index contributed by atoms with van der Waals surface area (Å²) < 4.78 is 13.4. The molecular weight excluding hydrogens is 344 g/mol. The van der Waals surface area contributed by atoms with Crippen molar-refractivity contribution in [2.24, 2.45) is 0 Å². The molecule has 27 heavy (non-hydrogen) atoms. The number of rotatable bonds is 3. The number of carbonyl (C=O) groups is 1. The molecule has 2 aliphatic heterocycles. The molecule has 2 fully saturated rings. The topological polar surface area (TPSA) is 68.6 Å². The first-order valence-electron chi connectivity index (χ1n) is 9.35. The van der Waals surface area contributed by atoms with E-state index >= 15 is 0 Å². The fourth-order valence-electron chi connectivity index (χ4n) is 3.82. The van der Waals surface area contributed by atoms with Crippen LogP contribution < -0.4 is 5.32 Å². The van der Waals surface area contributed by atoms with E-state index in [4.69, 9.17) is 9.47 Å². The molecule has 2 aromatic rings. The number of ether oxygens (including phenoxy) is 2. The lowest BCUT2D eigenvalue weighted by Crippen LogP contribution is -2.60. The summed E-state index contributed by atoms with van der Waals surface area (Å²) in [5.74, 6) is 0. The number of hydrogen-bond donors (Lipinski definition) is 1. The van der Waals surface area contributed by atoms with E-state index < -0.39 is 5.60 Å². The van der Waals surface area contributed by atoms with Gasteiger partial charge < -0.3 is 19.7 Å². The molecular formula is C20H26N4O3. The molecule has 4 rings (SSSR count). The highest BCUT2D eigenvalue weighted by Crippen LogP contribution is 2.30. The van der Waals surface area contributed by atoms with Gasteiger partial charge in [0.2, 0.25) is 0 Å². The van der Waals surface area contributed by atoms with Crippen molar-refractivity contribution in [3.05, 3.63) is 48.3 Å². The Balaban J connectivity index is 1.46. The maximum atomic E-state index is 12.9. The van der Waals surface area contributed by atoms with Gasteiger partial charge in [0.15, 0.2) is 0 Å². The highest BCUT2D eigenvalue weighted by Gasteiger charge is 2.46. The van der Waals surface area contributed by atoms with Crippen LogP contribution in [0, 0.1) is 0 Å². The molecule has 0 saturated carbocycles. The van der Waals surface area contributed by atoms with Crippen molar-refractivity contribution in [1.29, 1.82) is 0 Å². The van der Waals surface area contributed by atoms with E-state index in [1.54, 1.807) is 6.20 Å². The summed E-state index contributed by atoms with van der Waals surface area (Å²) in [6.45, 7) is 7.66. The molecule has 7 heteroatoms. The van der Waals surface area contributed by atoms with E-state index in [0.717, 1.165) is 0 Å². The lowest BCUT2D eigenvalue weighted by molar-refractivity contribution is -0.135. The smallest absolute Gasteiger partial charge is 0.322 e. The number of nitrogens with one attached hydrogen (secondary N) is 1. The largest absolute Gasteiger partial charge is 0.376 e. The standard InChI is InChI=1S/C20H26N4O3/c1-14(15-7-5-4-6-8-15)24-10-16(9-21-24)22-19(25)23-13-20(2,3)27-18-12-26-11-17(18)23/h4-10,14,17-18H,11-13H2,1-3H3,(H,22,25)/t14?,17-,18-/m1/s1. The monoisotopic (exact) mass is 370 g/mol. The normalized spacial score (nSPS) is 25.1. The van der Waals surface area contributed by atoms with E-state index in [9.17, 15) is 4.79 Å². The summed E-state index contributed by atoms with van der Waals surface area (Å²) in [5.41, 5.74) is 1.46. The third-order valence-corrected chi connectivity index (χ3v) is 5.21. The molecule has 144 valence electrons. The Hall–Kier alpha value is -2.38. The summed E-state index contributed by atoms with van der Waals surface area (Å²) in [4.78, 5) is 14.7. The zero-order chi connectivity index (χ0) is 19.0. The van der Waals surface area contributed by atoms with Crippen molar-refractivity contribution >= 4 is 11.7 Å². The van der Waals surface area contributed by atoms with Crippen LogP contribution in [0.5, 0.6) is 0 Å². The molecule has 7 nitrogen and oxygen atoms in total. The molecule has 2 saturated heterocycles. The minimum Gasteiger partial charge on any atom is -0.376 e. The van der Waals surface area contributed by atoms with Gasteiger partial charge in [-0.3, -0.25) is 4.68 Å². The Labute approximate surface area is 159 Å². The second-order valence-corrected chi connectivity index (χ2v) is 7.87. The van der Waals surface area contributed by atoms with Crippen molar-refractivity contribution in [2.75, 3.05) is 25.1 Å². The Bertz CT molecular complexity index is 805. The average molecular weight is 370 g/mol. The SMILES string of the molecule is CC(c1ccccc1)n1cc(NC(=O)N2CC(C)(C)O[C@@H]3COC[C@H]32)cn1. The molecule has 0 radical (unpaired) electrons. The van der Waals surface area contributed by atoms with E-state index in [2.05, 4.69) is 29.5 Å². The van der Waals surface area contributed by atoms with Crippen molar-refractivity contribution < 1.29 is 14.3 Å². The Kier molecular flexibility index (Phi) is 4.65. The van der Waals surface area contributed by atoms with Crippen molar-refractivity contribution in [3.8, 4) is 0 Å². The number of benzene rings is 1. The first-order valence-corrected chi connectivity index (χ1v) is 9.35. The van der Waals surface area contributed by atoms with Crippen molar-refractivity contribution in [1.82, 2.24) is 14.7 Å². The zero-order valence-corrected chi connectivity index (χ0v) is 16.0. The van der Waals surface area contributed by atoms with Gasteiger partial charge in [0.1, 0.15) is 6.10 Å². The molecule has 0 aliphatic carbocycles. The second-order valence-electron chi connectivity index (χ2n) is 7.87. The fourth-order valence-corrected chi connectivity index (χ4v) is 3.82. The lowest BCUT2D eigenvalue weighted by atomic mass is 10.0. The van der Waals surface area contributed by atoms with E-state index in [1.807, 2.05) is 47.8 Å². The molecule has 1 unspecified atom stereocenters. The number of hydrogen-bond acceptors (Lipinski definition) is 4. The summed E-state index contributed by atoms with van der Waals surface area (Å²) >= 11 is 0. The van der Waals surface area contributed by atoms with Crippen LogP contribution in [0.25, 0.3) is 0 Å². The van der Waals surface area contributed by atoms with Crippen LogP contribution in [0.2, 0.25) is 0 Å². The van der Waals surface area contributed by atoms with Crippen molar-refractivity contribution in [2.45, 2.75) is 44.6 Å². The first-order chi connectivity index (χ1) is 12.9. The first kappa shape index (κ1) is 18.0. The number of urea groups is 1. The minimum absolute atomic E-state index is 0.0451. The number of morpholine rings is 1. The van der Waals surface area contributed by atoms with Crippen LogP contribution in [-0.2, 0) is 9.47 Å². The molecule has 3 heterocycles. The molecule has 1 aromatic carbocycles. The highest BCUT2D eigenvalue weighted by molar-refractivity contribution is 5.89. The van der Waals surface area contributed by atoms with Crippen LogP contribution in [0.1, 0.15) is 32.4 Å². The number of carbonyl (C=O) groups excluding carboxylic acids is 1. The third-order valence-electron chi connectivity index (χ3n) is 5.21. The third kappa shape index (κ3) is 3.70. The van der Waals surface area contributed by atoms with Gasteiger partial charge in [-0.1, -0.05) is 30.3 Å². The predicted octanol–water partition coefficient (Wildman–Crippen LogP) is 2.90. The zero-order valence-electron chi connectivity index (χ0n) is 16.0. The van der Waals surface area contributed by atoms with Gasteiger partial charge in [-0.25, -0.2) is 4.79 Å². The predicted molar refractivity (Wildman–Crippen MR) is 102 cm³/mol. The van der Waals surface area contributed by atoms with E-state index in [1.165, 1.54) is 5.56 Å². The number of nitrogens with zero attached hydrogens (tertiary/aromatic N) is 3. The molecule has 2 aliphatic rings. The summed E-state index contributed by atoms with van der Waals surface area (Å²) in [5, 5.41) is 7.40. The fraction of sp³-hybridized carbons (Fsp3) is 0.500. The molecule has 1 N–H and O–H groups in total. The molecule has 1 aromatic heterocycles. The van der Waals surface area contributed by atoms with Crippen LogP contribution in [0.4, 0.5) is 10.5 Å². The average Bonchev–Trinajstić information content (AvgIpc) is 3.29. The number of anilines is 1. The number of aromatic nitrogens is 2. The maximum absolute atomic E-state index is 12.9. The van der Waals surface area contributed by atoms with Crippen LogP contribution >= 0.6 is 0 Å². The van der Waals surface area contributed by atoms with E-state index in [0.29, 0.717) is 25.4 Å². The highest BCUT2D eigenvalue weighted by atomic mass is 16.6. The number of fused-ring (bicyclic) bond motifs is 1. The van der Waals surface area contributed by atoms with Gasteiger partial charge in [-0.2, -0.15) is 5.10 Å². The van der Waals surface area contributed by atoms with Crippen LogP contribution in [-0.4, -0.2) is 58.2 Å². The summed E-state index contributed by atoms with van der Waals surface area (Å²) in [6, 6.07) is 10.1. The van der Waals surface area contributed by atoms with Crippen LogP contribution in [0.3, 0.4) is 0 Å². The summed E-state index contributed by atoms with van der Waals surface area (Å²) in [6.07, 6.45) is 3.48. The van der Waals surface area contributed by atoms with Gasteiger partial charge in [0.25, 0.3) is 0 Å². The lowest BCUT2D eigenvalue weighted by Gasteiger charge is -2.44. The molecule has 2 amide bonds. The Morgan fingerprint density at radius 3 is 2.85 bits per heavy atom. The minimum atomic E-state index is -0.391. The van der Waals surface area contributed by atoms with E-state index in [-0.39, 0.29) is 24.2 Å². The van der Waals surface area contributed by atoms with Crippen LogP contribution in [0.15, 0.2) is 42.7 Å². The van der Waals surface area contributed by atoms with Gasteiger partial charge in [-0.15, -0.1) is 0 Å². The van der Waals surface area contributed by atoms with Gasteiger partial charge in [0.05, 0.1) is 49.3 Å². The van der Waals surface area contributed by atoms with Gasteiger partial charge in [0, 0.05) is 6.20 Å². The van der Waals surface area contributed by atoms with Crippen molar-refractivity contribution in [3.63, 3.8) is 0 Å². The summed E-state index contributed by atoms with van der Waals surface area (Å²) in [7, 11) is 0. The second kappa shape index (κ2) is 6.98. The Morgan fingerprint density at radius 1 is 1.30 bits per heavy atom. The molecule has 0 bridgehead atoms. The van der Waals surface area contributed by atoms with Gasteiger partial charge >= 0.3 is 6.03 Å².